The smallest absolute Gasteiger partial charge is 0.233 e. The molecule has 0 saturated heterocycles. The Labute approximate surface area is 187 Å². The Bertz CT molecular complexity index is 1070. The van der Waals surface area contributed by atoms with Crippen LogP contribution >= 0.6 is 11.8 Å². The fourth-order valence-corrected chi connectivity index (χ4v) is 3.11. The number of aryl methyl sites for hydroxylation is 1. The molecule has 1 radical (unpaired) electrons. The van der Waals surface area contributed by atoms with Crippen LogP contribution in [0.2, 0.25) is 0 Å². The molecule has 8 heteroatoms. The fourth-order valence-electron chi connectivity index (χ4n) is 2.52. The number of aromatic amines is 1. The standard InChI is InChI=1S/C18H14N5OS.Pr/c1-11-7-8-14-13(9-11)16-17(20-14)21-18(23-22-16)25-10-15(24)19-12-5-3-2-4-6-12;/h2-5,7-9H,10H2,1H3,(H,19,24)(H,20,21,23);/q-1;. The summed E-state index contributed by atoms with van der Waals surface area (Å²) >= 11 is 1.25. The topological polar surface area (TPSA) is 83.6 Å². The van der Waals surface area contributed by atoms with E-state index in [1.165, 1.54) is 11.8 Å². The van der Waals surface area contributed by atoms with E-state index >= 15 is 0 Å². The SMILES string of the molecule is Cc1ccc2[nH]c3nc(SCC(=O)Nc4[c-]cccc4)nnc3c2c1.[Pr]. The second-order valence-corrected chi connectivity index (χ2v) is 6.52. The first-order valence-electron chi connectivity index (χ1n) is 7.71. The van der Waals surface area contributed by atoms with E-state index in [1.54, 1.807) is 12.1 Å². The molecule has 0 spiro atoms. The average Bonchev–Trinajstić information content (AvgIpc) is 2.98. The van der Waals surface area contributed by atoms with E-state index in [4.69, 9.17) is 0 Å². The molecule has 127 valence electrons. The molecule has 6 nitrogen and oxygen atoms in total. The number of aromatic nitrogens is 4. The average molecular weight is 489 g/mol. The number of hydrogen-bond donors (Lipinski definition) is 2. The Morgan fingerprint density at radius 3 is 2.96 bits per heavy atom. The third kappa shape index (κ3) is 4.22. The summed E-state index contributed by atoms with van der Waals surface area (Å²) in [4.78, 5) is 19.7. The van der Waals surface area contributed by atoms with Gasteiger partial charge in [-0.1, -0.05) is 29.1 Å². The molecule has 0 saturated carbocycles. The molecule has 2 N–H and O–H groups in total. The minimum Gasteiger partial charge on any atom is -0.349 e. The quantitative estimate of drug-likeness (QED) is 0.340. The Balaban J connectivity index is 0.00000196. The summed E-state index contributed by atoms with van der Waals surface area (Å²) in [6.45, 7) is 2.03. The maximum absolute atomic E-state index is 12.0. The zero-order valence-electron chi connectivity index (χ0n) is 14.0. The number of thioether (sulfide) groups is 1. The van der Waals surface area contributed by atoms with Gasteiger partial charge in [0.25, 0.3) is 0 Å². The molecule has 1 amide bonds. The largest absolute Gasteiger partial charge is 0.349 e. The van der Waals surface area contributed by atoms with Gasteiger partial charge in [-0.05, 0) is 19.1 Å². The molecule has 2 aromatic heterocycles. The van der Waals surface area contributed by atoms with Gasteiger partial charge >= 0.3 is 0 Å². The van der Waals surface area contributed by atoms with Crippen molar-refractivity contribution in [3.8, 4) is 0 Å². The van der Waals surface area contributed by atoms with Crippen LogP contribution in [0, 0.1) is 54.3 Å². The molecule has 2 aromatic carbocycles. The third-order valence-electron chi connectivity index (χ3n) is 3.67. The first kappa shape index (κ1) is 19.2. The Morgan fingerprint density at radius 2 is 2.15 bits per heavy atom. The number of benzene rings is 2. The fraction of sp³-hybridized carbons (Fsp3) is 0.111. The number of fused-ring (bicyclic) bond motifs is 3. The summed E-state index contributed by atoms with van der Waals surface area (Å²) in [6, 6.07) is 16.3. The van der Waals surface area contributed by atoms with Crippen molar-refractivity contribution in [2.45, 2.75) is 12.1 Å². The number of carbonyl (C=O) groups excluding carboxylic acids is 1. The van der Waals surface area contributed by atoms with Crippen LogP contribution in [0.3, 0.4) is 0 Å². The van der Waals surface area contributed by atoms with E-state index in [0.717, 1.165) is 22.0 Å². The van der Waals surface area contributed by atoms with Gasteiger partial charge in [0.05, 0.1) is 5.75 Å². The molecule has 0 aliphatic heterocycles. The number of nitrogens with one attached hydrogen (secondary N) is 2. The Morgan fingerprint density at radius 1 is 1.27 bits per heavy atom. The van der Waals surface area contributed by atoms with Gasteiger partial charge in [0.1, 0.15) is 5.52 Å². The van der Waals surface area contributed by atoms with Crippen LogP contribution in [0.25, 0.3) is 22.1 Å². The molecular formula is C18H14N5OPrS-. The van der Waals surface area contributed by atoms with Crippen molar-refractivity contribution in [3.63, 3.8) is 0 Å². The van der Waals surface area contributed by atoms with Crippen molar-refractivity contribution in [2.75, 3.05) is 11.1 Å². The minimum absolute atomic E-state index is 0. The maximum Gasteiger partial charge on any atom is 0.233 e. The van der Waals surface area contributed by atoms with Crippen molar-refractivity contribution in [1.82, 2.24) is 20.2 Å². The van der Waals surface area contributed by atoms with E-state index in [-0.39, 0.29) is 53.0 Å². The summed E-state index contributed by atoms with van der Waals surface area (Å²) < 4.78 is 0. The summed E-state index contributed by atoms with van der Waals surface area (Å²) in [7, 11) is 0. The Kier molecular flexibility index (Phi) is 6.22. The predicted octanol–water partition coefficient (Wildman–Crippen LogP) is 3.35. The normalized spacial score (nSPS) is 10.7. The van der Waals surface area contributed by atoms with Crippen molar-refractivity contribution in [2.24, 2.45) is 0 Å². The minimum atomic E-state index is -0.136. The molecule has 2 heterocycles. The number of H-pyrrole nitrogens is 1. The van der Waals surface area contributed by atoms with Gasteiger partial charge in [-0.2, -0.15) is 24.3 Å². The second kappa shape index (κ2) is 8.42. The summed E-state index contributed by atoms with van der Waals surface area (Å²) in [6.07, 6.45) is 0. The molecule has 0 aliphatic rings. The second-order valence-electron chi connectivity index (χ2n) is 5.58. The first-order chi connectivity index (χ1) is 12.2. The van der Waals surface area contributed by atoms with E-state index in [1.807, 2.05) is 31.2 Å². The van der Waals surface area contributed by atoms with Gasteiger partial charge in [0, 0.05) is 52.2 Å². The Hall–Kier alpha value is -1.57. The number of carbonyl (C=O) groups is 1. The van der Waals surface area contributed by atoms with Gasteiger partial charge in [0.15, 0.2) is 5.65 Å². The van der Waals surface area contributed by atoms with Gasteiger partial charge in [-0.25, -0.2) is 4.98 Å². The number of rotatable bonds is 4. The zero-order chi connectivity index (χ0) is 17.2. The van der Waals surface area contributed by atoms with Crippen LogP contribution in [0.4, 0.5) is 5.69 Å². The van der Waals surface area contributed by atoms with Crippen LogP contribution in [0.1, 0.15) is 5.56 Å². The summed E-state index contributed by atoms with van der Waals surface area (Å²) in [5, 5.41) is 12.6. The van der Waals surface area contributed by atoms with Crippen LogP contribution < -0.4 is 5.32 Å². The molecule has 0 bridgehead atoms. The van der Waals surface area contributed by atoms with Gasteiger partial charge < -0.3 is 10.3 Å². The number of nitrogens with zero attached hydrogens (tertiary/aromatic N) is 3. The number of anilines is 1. The molecule has 4 aromatic rings. The monoisotopic (exact) mass is 489 g/mol. The van der Waals surface area contributed by atoms with E-state index in [9.17, 15) is 4.79 Å². The predicted molar refractivity (Wildman–Crippen MR) is 98.6 cm³/mol. The van der Waals surface area contributed by atoms with Gasteiger partial charge in [-0.3, -0.25) is 4.79 Å². The molecule has 4 rings (SSSR count). The number of hydrogen-bond acceptors (Lipinski definition) is 5. The van der Waals surface area contributed by atoms with Crippen molar-refractivity contribution in [1.29, 1.82) is 0 Å². The molecule has 0 atom stereocenters. The summed E-state index contributed by atoms with van der Waals surface area (Å²) in [5.41, 5.74) is 4.19. The molecule has 0 unspecified atom stereocenters. The van der Waals surface area contributed by atoms with Crippen LogP contribution in [0.5, 0.6) is 0 Å². The molecule has 0 fully saturated rings. The van der Waals surface area contributed by atoms with Crippen LogP contribution in [0.15, 0.2) is 47.6 Å². The van der Waals surface area contributed by atoms with Crippen LogP contribution in [-0.4, -0.2) is 31.8 Å². The molecule has 26 heavy (non-hydrogen) atoms. The molecular weight excluding hydrogens is 475 g/mol. The van der Waals surface area contributed by atoms with E-state index < -0.39 is 0 Å². The van der Waals surface area contributed by atoms with E-state index in [2.05, 4.69) is 37.6 Å². The number of amides is 1. The van der Waals surface area contributed by atoms with Crippen LogP contribution in [-0.2, 0) is 4.79 Å². The van der Waals surface area contributed by atoms with Crippen molar-refractivity contribution < 1.29 is 46.1 Å². The van der Waals surface area contributed by atoms with E-state index in [0.29, 0.717) is 16.5 Å². The van der Waals surface area contributed by atoms with Crippen molar-refractivity contribution in [3.05, 3.63) is 54.1 Å². The maximum atomic E-state index is 12.0. The summed E-state index contributed by atoms with van der Waals surface area (Å²) in [5.74, 6) is 0.0679. The van der Waals surface area contributed by atoms with Gasteiger partial charge in [-0.15, -0.1) is 16.3 Å². The van der Waals surface area contributed by atoms with Gasteiger partial charge in [0.2, 0.25) is 11.1 Å². The molecule has 0 aliphatic carbocycles. The third-order valence-corrected chi connectivity index (χ3v) is 4.50. The first-order valence-corrected chi connectivity index (χ1v) is 8.70. The number of para-hydroxylation sites is 1. The zero-order valence-corrected chi connectivity index (χ0v) is 18.5. The van der Waals surface area contributed by atoms with Crippen molar-refractivity contribution >= 4 is 45.4 Å².